The van der Waals surface area contributed by atoms with E-state index in [1.54, 1.807) is 6.92 Å². The van der Waals surface area contributed by atoms with Crippen LogP contribution in [-0.4, -0.2) is 24.3 Å². The van der Waals surface area contributed by atoms with E-state index in [0.29, 0.717) is 24.7 Å². The molecular weight excluding hydrogens is 220 g/mol. The van der Waals surface area contributed by atoms with E-state index in [2.05, 4.69) is 11.8 Å². The zero-order valence-corrected chi connectivity index (χ0v) is 9.40. The molecule has 1 aromatic rings. The molecule has 0 saturated carbocycles. The van der Waals surface area contributed by atoms with E-state index >= 15 is 0 Å². The summed E-state index contributed by atoms with van der Waals surface area (Å²) in [6, 6.07) is 2.89. The monoisotopic (exact) mass is 232 g/mol. The van der Waals surface area contributed by atoms with Gasteiger partial charge in [-0.2, -0.15) is 0 Å². The van der Waals surface area contributed by atoms with Gasteiger partial charge in [0, 0.05) is 5.56 Å². The average Bonchev–Trinajstić information content (AvgIpc) is 2.34. The smallest absolute Gasteiger partial charge is 0.173 e. The highest BCUT2D eigenvalue weighted by molar-refractivity contribution is 5.78. The Kier molecular flexibility index (Phi) is 4.77. The predicted octanol–water partition coefficient (Wildman–Crippen LogP) is 1.54. The van der Waals surface area contributed by atoms with Crippen molar-refractivity contribution >= 4 is 12.6 Å². The van der Waals surface area contributed by atoms with Crippen molar-refractivity contribution in [3.8, 4) is 23.3 Å². The van der Waals surface area contributed by atoms with Crippen LogP contribution in [0.3, 0.4) is 0 Å². The number of aromatic hydroxyl groups is 1. The van der Waals surface area contributed by atoms with E-state index in [1.807, 2.05) is 0 Å². The summed E-state index contributed by atoms with van der Waals surface area (Å²) in [4.78, 5) is 20.8. The summed E-state index contributed by atoms with van der Waals surface area (Å²) >= 11 is 0. The fraction of sp³-hybridized carbons (Fsp3) is 0.231. The van der Waals surface area contributed by atoms with Crippen LogP contribution in [0.2, 0.25) is 0 Å². The minimum Gasteiger partial charge on any atom is -0.503 e. The van der Waals surface area contributed by atoms with Gasteiger partial charge in [0.25, 0.3) is 0 Å². The quantitative estimate of drug-likeness (QED) is 0.631. The molecule has 0 aromatic heterocycles. The fourth-order valence-corrected chi connectivity index (χ4v) is 1.25. The van der Waals surface area contributed by atoms with Crippen LogP contribution in [0.1, 0.15) is 29.3 Å². The van der Waals surface area contributed by atoms with Crippen molar-refractivity contribution in [3.05, 3.63) is 23.3 Å². The lowest BCUT2D eigenvalue weighted by atomic mass is 10.1. The van der Waals surface area contributed by atoms with Gasteiger partial charge in [-0.15, -0.1) is 0 Å². The van der Waals surface area contributed by atoms with E-state index in [1.165, 1.54) is 12.1 Å². The van der Waals surface area contributed by atoms with Gasteiger partial charge in [0.15, 0.2) is 11.5 Å². The fourth-order valence-electron chi connectivity index (χ4n) is 1.25. The third-order valence-corrected chi connectivity index (χ3v) is 1.94. The molecule has 0 atom stereocenters. The molecule has 4 nitrogen and oxygen atoms in total. The molecule has 1 rings (SSSR count). The van der Waals surface area contributed by atoms with Gasteiger partial charge in [-0.05, 0) is 19.1 Å². The second-order valence-corrected chi connectivity index (χ2v) is 3.14. The Hall–Kier alpha value is -2.28. The van der Waals surface area contributed by atoms with Crippen molar-refractivity contribution in [2.45, 2.75) is 13.3 Å². The Balaban J connectivity index is 3.19. The zero-order valence-electron chi connectivity index (χ0n) is 9.40. The van der Waals surface area contributed by atoms with Gasteiger partial charge in [0.2, 0.25) is 0 Å². The highest BCUT2D eigenvalue weighted by Gasteiger charge is 2.09. The number of ether oxygens (including phenoxy) is 1. The van der Waals surface area contributed by atoms with Crippen LogP contribution < -0.4 is 4.74 Å². The van der Waals surface area contributed by atoms with Gasteiger partial charge in [0.05, 0.1) is 18.6 Å². The summed E-state index contributed by atoms with van der Waals surface area (Å²) in [5, 5.41) is 9.81. The number of phenolic OH excluding ortho intramolecular Hbond substituents is 1. The van der Waals surface area contributed by atoms with Crippen molar-refractivity contribution in [3.63, 3.8) is 0 Å². The van der Waals surface area contributed by atoms with Crippen LogP contribution in [0.4, 0.5) is 0 Å². The summed E-state index contributed by atoms with van der Waals surface area (Å²) in [6.45, 7) is 2.14. The Morgan fingerprint density at radius 3 is 2.76 bits per heavy atom. The minimum absolute atomic E-state index is 0.0781. The number of hydrogen-bond donors (Lipinski definition) is 1. The van der Waals surface area contributed by atoms with Gasteiger partial charge in [0.1, 0.15) is 12.6 Å². The molecule has 0 heterocycles. The number of phenols is 1. The van der Waals surface area contributed by atoms with Crippen LogP contribution in [0.25, 0.3) is 0 Å². The molecule has 0 saturated heterocycles. The summed E-state index contributed by atoms with van der Waals surface area (Å²) < 4.78 is 5.18. The lowest BCUT2D eigenvalue weighted by molar-refractivity contribution is -0.107. The molecule has 0 spiro atoms. The van der Waals surface area contributed by atoms with Gasteiger partial charge >= 0.3 is 0 Å². The number of benzene rings is 1. The first-order chi connectivity index (χ1) is 8.22. The Bertz CT molecular complexity index is 480. The molecular formula is C13H12O4. The third kappa shape index (κ3) is 3.35. The minimum atomic E-state index is -0.115. The predicted molar refractivity (Wildman–Crippen MR) is 62.2 cm³/mol. The summed E-state index contributed by atoms with van der Waals surface area (Å²) in [7, 11) is 0. The van der Waals surface area contributed by atoms with Crippen LogP contribution >= 0.6 is 0 Å². The Morgan fingerprint density at radius 1 is 1.41 bits per heavy atom. The van der Waals surface area contributed by atoms with Crippen LogP contribution in [0.5, 0.6) is 11.5 Å². The number of carbonyl (C=O) groups excluding carboxylic acids is 2. The van der Waals surface area contributed by atoms with Gasteiger partial charge < -0.3 is 14.6 Å². The summed E-state index contributed by atoms with van der Waals surface area (Å²) in [5.41, 5.74) is 0.640. The van der Waals surface area contributed by atoms with E-state index in [0.717, 1.165) is 0 Å². The molecule has 0 fully saturated rings. The van der Waals surface area contributed by atoms with E-state index in [4.69, 9.17) is 4.74 Å². The van der Waals surface area contributed by atoms with Crippen molar-refractivity contribution in [2.75, 3.05) is 6.61 Å². The van der Waals surface area contributed by atoms with Crippen LogP contribution in [0, 0.1) is 11.8 Å². The lowest BCUT2D eigenvalue weighted by Crippen LogP contribution is -1.95. The van der Waals surface area contributed by atoms with Gasteiger partial charge in [-0.1, -0.05) is 11.8 Å². The first-order valence-corrected chi connectivity index (χ1v) is 5.10. The van der Waals surface area contributed by atoms with Gasteiger partial charge in [-0.25, -0.2) is 0 Å². The van der Waals surface area contributed by atoms with Gasteiger partial charge in [-0.3, -0.25) is 4.79 Å². The van der Waals surface area contributed by atoms with Crippen molar-refractivity contribution in [2.24, 2.45) is 0 Å². The molecule has 88 valence electrons. The van der Waals surface area contributed by atoms with E-state index < -0.39 is 0 Å². The third-order valence-electron chi connectivity index (χ3n) is 1.94. The molecule has 17 heavy (non-hydrogen) atoms. The van der Waals surface area contributed by atoms with Crippen molar-refractivity contribution in [1.82, 2.24) is 0 Å². The average molecular weight is 232 g/mol. The molecule has 0 unspecified atom stereocenters. The maximum atomic E-state index is 10.7. The SMILES string of the molecule is CCOc1cc(C=O)cc(C#CCC=O)c1O. The molecule has 0 aliphatic heterocycles. The standard InChI is InChI=1S/C13H12O4/c1-2-17-12-8-10(9-15)7-11(13(12)16)5-3-4-6-14/h6-9,16H,2,4H2,1H3. The number of aldehydes is 2. The van der Waals surface area contributed by atoms with Crippen molar-refractivity contribution in [1.29, 1.82) is 0 Å². The lowest BCUT2D eigenvalue weighted by Gasteiger charge is -2.07. The number of carbonyl (C=O) groups is 2. The van der Waals surface area contributed by atoms with E-state index in [-0.39, 0.29) is 23.5 Å². The first kappa shape index (κ1) is 12.8. The summed E-state index contributed by atoms with van der Waals surface area (Å²) in [5.74, 6) is 5.28. The second-order valence-electron chi connectivity index (χ2n) is 3.14. The maximum absolute atomic E-state index is 10.7. The topological polar surface area (TPSA) is 63.6 Å². The normalized spacial score (nSPS) is 9.00. The zero-order chi connectivity index (χ0) is 12.7. The van der Waals surface area contributed by atoms with Crippen LogP contribution in [0.15, 0.2) is 12.1 Å². The molecule has 0 radical (unpaired) electrons. The molecule has 1 aromatic carbocycles. The van der Waals surface area contributed by atoms with Crippen molar-refractivity contribution < 1.29 is 19.4 Å². The maximum Gasteiger partial charge on any atom is 0.173 e. The molecule has 0 aliphatic rings. The largest absolute Gasteiger partial charge is 0.503 e. The molecule has 1 N–H and O–H groups in total. The first-order valence-electron chi connectivity index (χ1n) is 5.10. The molecule has 0 bridgehead atoms. The molecule has 4 heteroatoms. The Labute approximate surface area is 99.2 Å². The molecule has 0 amide bonds. The second kappa shape index (κ2) is 6.33. The van der Waals surface area contributed by atoms with E-state index in [9.17, 15) is 14.7 Å². The Morgan fingerprint density at radius 2 is 2.18 bits per heavy atom. The summed E-state index contributed by atoms with van der Waals surface area (Å²) in [6.07, 6.45) is 1.39. The number of hydrogen-bond acceptors (Lipinski definition) is 4. The number of rotatable bonds is 4. The highest BCUT2D eigenvalue weighted by Crippen LogP contribution is 2.30. The van der Waals surface area contributed by atoms with Crippen LogP contribution in [-0.2, 0) is 4.79 Å². The molecule has 0 aliphatic carbocycles. The highest BCUT2D eigenvalue weighted by atomic mass is 16.5.